The van der Waals surface area contributed by atoms with Crippen LogP contribution in [0.15, 0.2) is 16.5 Å². The predicted octanol–water partition coefficient (Wildman–Crippen LogP) is 3.12. The van der Waals surface area contributed by atoms with E-state index < -0.39 is 0 Å². The highest BCUT2D eigenvalue weighted by atomic mass is 16.5. The predicted molar refractivity (Wildman–Crippen MR) is 70.2 cm³/mol. The van der Waals surface area contributed by atoms with Gasteiger partial charge in [-0.3, -0.25) is 0 Å². The molecule has 3 atom stereocenters. The van der Waals surface area contributed by atoms with Crippen molar-refractivity contribution >= 4 is 0 Å². The molecule has 3 heteroatoms. The molecule has 2 aliphatic carbocycles. The first kappa shape index (κ1) is 12.2. The van der Waals surface area contributed by atoms with Gasteiger partial charge in [-0.15, -0.1) is 0 Å². The first-order chi connectivity index (χ1) is 8.81. The van der Waals surface area contributed by atoms with E-state index in [2.05, 4.69) is 18.3 Å². The molecule has 0 amide bonds. The van der Waals surface area contributed by atoms with E-state index in [4.69, 9.17) is 9.15 Å². The van der Waals surface area contributed by atoms with Crippen LogP contribution < -0.4 is 5.32 Å². The Balaban J connectivity index is 1.71. The van der Waals surface area contributed by atoms with E-state index in [0.717, 1.165) is 35.8 Å². The van der Waals surface area contributed by atoms with Gasteiger partial charge in [0, 0.05) is 7.11 Å². The largest absolute Gasteiger partial charge is 0.462 e. The maximum absolute atomic E-state index is 5.91. The molecule has 100 valence electrons. The van der Waals surface area contributed by atoms with Crippen LogP contribution in [-0.2, 0) is 11.3 Å². The Morgan fingerprint density at radius 2 is 2.11 bits per heavy atom. The topological polar surface area (TPSA) is 34.4 Å². The maximum Gasteiger partial charge on any atom is 0.129 e. The summed E-state index contributed by atoms with van der Waals surface area (Å²) >= 11 is 0. The number of furan rings is 1. The summed E-state index contributed by atoms with van der Waals surface area (Å²) in [5, 5.41) is 3.60. The fraction of sp³-hybridized carbons (Fsp3) is 0.733. The zero-order valence-electron chi connectivity index (χ0n) is 11.3. The monoisotopic (exact) mass is 249 g/mol. The van der Waals surface area contributed by atoms with E-state index in [-0.39, 0.29) is 0 Å². The molecule has 1 N–H and O–H groups in total. The van der Waals surface area contributed by atoms with Crippen LogP contribution in [0.1, 0.15) is 43.7 Å². The minimum atomic E-state index is 0.397. The second-order valence-electron chi connectivity index (χ2n) is 5.76. The van der Waals surface area contributed by atoms with Gasteiger partial charge in [0.1, 0.15) is 18.1 Å². The molecule has 0 aromatic carbocycles. The molecule has 0 spiro atoms. The Morgan fingerprint density at radius 1 is 1.33 bits per heavy atom. The summed E-state index contributed by atoms with van der Waals surface area (Å²) < 4.78 is 11.0. The van der Waals surface area contributed by atoms with Crippen LogP contribution in [0.25, 0.3) is 0 Å². The van der Waals surface area contributed by atoms with Gasteiger partial charge in [-0.2, -0.15) is 0 Å². The molecular formula is C15H23NO2. The average Bonchev–Trinajstić information content (AvgIpc) is 2.79. The molecule has 1 heterocycles. The van der Waals surface area contributed by atoms with E-state index in [1.807, 2.05) is 6.07 Å². The summed E-state index contributed by atoms with van der Waals surface area (Å²) in [6, 6.07) is 4.55. The number of ether oxygens (including phenoxy) is 1. The Bertz CT molecular complexity index is 391. The Kier molecular flexibility index (Phi) is 3.44. The van der Waals surface area contributed by atoms with Gasteiger partial charge in [0.2, 0.25) is 0 Å². The van der Waals surface area contributed by atoms with Crippen molar-refractivity contribution in [1.29, 1.82) is 0 Å². The van der Waals surface area contributed by atoms with Crippen LogP contribution in [0.4, 0.5) is 0 Å². The first-order valence-corrected chi connectivity index (χ1v) is 7.12. The van der Waals surface area contributed by atoms with Crippen LogP contribution in [0.2, 0.25) is 0 Å². The molecule has 0 bridgehead atoms. The van der Waals surface area contributed by atoms with Gasteiger partial charge in [-0.05, 0) is 55.7 Å². The molecule has 1 aromatic heterocycles. The number of hydrogen-bond acceptors (Lipinski definition) is 3. The molecule has 0 aliphatic heterocycles. The number of rotatable bonds is 6. The van der Waals surface area contributed by atoms with Gasteiger partial charge in [-0.25, -0.2) is 0 Å². The Morgan fingerprint density at radius 3 is 2.78 bits per heavy atom. The third-order valence-corrected chi connectivity index (χ3v) is 4.45. The molecule has 3 nitrogen and oxygen atoms in total. The fourth-order valence-electron chi connectivity index (χ4n) is 3.53. The van der Waals surface area contributed by atoms with Gasteiger partial charge >= 0.3 is 0 Å². The summed E-state index contributed by atoms with van der Waals surface area (Å²) in [7, 11) is 1.70. The molecule has 0 radical (unpaired) electrons. The van der Waals surface area contributed by atoms with Crippen molar-refractivity contribution in [3.8, 4) is 0 Å². The van der Waals surface area contributed by atoms with Gasteiger partial charge in [0.05, 0.1) is 6.04 Å². The lowest BCUT2D eigenvalue weighted by Crippen LogP contribution is -2.27. The molecule has 2 saturated carbocycles. The van der Waals surface area contributed by atoms with Crippen LogP contribution >= 0.6 is 0 Å². The SMILES string of the molecule is CCNC(c1ccc(COC)o1)C1CC2CC2C1. The Labute approximate surface area is 109 Å². The van der Waals surface area contributed by atoms with Crippen molar-refractivity contribution in [3.63, 3.8) is 0 Å². The van der Waals surface area contributed by atoms with Crippen molar-refractivity contribution in [2.24, 2.45) is 17.8 Å². The number of fused-ring (bicyclic) bond motifs is 1. The van der Waals surface area contributed by atoms with Crippen molar-refractivity contribution in [2.45, 2.75) is 38.8 Å². The molecule has 0 saturated heterocycles. The lowest BCUT2D eigenvalue weighted by Gasteiger charge is -2.23. The van der Waals surface area contributed by atoms with Crippen molar-refractivity contribution in [3.05, 3.63) is 23.7 Å². The lowest BCUT2D eigenvalue weighted by molar-refractivity contribution is 0.159. The standard InChI is InChI=1S/C15H23NO2/c1-3-16-15(12-7-10-6-11(10)8-12)14-5-4-13(18-14)9-17-2/h4-5,10-12,15-16H,3,6-9H2,1-2H3. The zero-order chi connectivity index (χ0) is 12.5. The normalized spacial score (nSPS) is 31.3. The highest BCUT2D eigenvalue weighted by molar-refractivity contribution is 5.13. The second kappa shape index (κ2) is 5.06. The van der Waals surface area contributed by atoms with Gasteiger partial charge in [-0.1, -0.05) is 6.92 Å². The number of nitrogens with one attached hydrogen (secondary N) is 1. The van der Waals surface area contributed by atoms with E-state index in [1.54, 1.807) is 7.11 Å². The van der Waals surface area contributed by atoms with Crippen LogP contribution in [0.3, 0.4) is 0 Å². The number of hydrogen-bond donors (Lipinski definition) is 1. The van der Waals surface area contributed by atoms with Gasteiger partial charge < -0.3 is 14.5 Å². The number of methoxy groups -OCH3 is 1. The van der Waals surface area contributed by atoms with Crippen LogP contribution in [-0.4, -0.2) is 13.7 Å². The lowest BCUT2D eigenvalue weighted by atomic mass is 9.92. The third kappa shape index (κ3) is 2.34. The quantitative estimate of drug-likeness (QED) is 0.841. The highest BCUT2D eigenvalue weighted by Gasteiger charge is 2.48. The van der Waals surface area contributed by atoms with E-state index in [1.165, 1.54) is 19.3 Å². The summed E-state index contributed by atoms with van der Waals surface area (Å²) in [6.45, 7) is 3.73. The summed E-state index contributed by atoms with van der Waals surface area (Å²) in [5.74, 6) is 4.82. The van der Waals surface area contributed by atoms with Gasteiger partial charge in [0.15, 0.2) is 0 Å². The van der Waals surface area contributed by atoms with Crippen LogP contribution in [0, 0.1) is 17.8 Å². The van der Waals surface area contributed by atoms with Crippen molar-refractivity contribution < 1.29 is 9.15 Å². The average molecular weight is 249 g/mol. The minimum Gasteiger partial charge on any atom is -0.462 e. The third-order valence-electron chi connectivity index (χ3n) is 4.45. The zero-order valence-corrected chi connectivity index (χ0v) is 11.3. The van der Waals surface area contributed by atoms with Crippen molar-refractivity contribution in [2.75, 3.05) is 13.7 Å². The van der Waals surface area contributed by atoms with Gasteiger partial charge in [0.25, 0.3) is 0 Å². The molecule has 2 aliphatic rings. The molecule has 3 unspecified atom stereocenters. The summed E-state index contributed by atoms with van der Waals surface area (Å²) in [6.07, 6.45) is 4.23. The molecular weight excluding hydrogens is 226 g/mol. The van der Waals surface area contributed by atoms with Crippen molar-refractivity contribution in [1.82, 2.24) is 5.32 Å². The maximum atomic E-state index is 5.91. The smallest absolute Gasteiger partial charge is 0.129 e. The molecule has 18 heavy (non-hydrogen) atoms. The Hall–Kier alpha value is -0.800. The molecule has 1 aromatic rings. The molecule has 2 fully saturated rings. The van der Waals surface area contributed by atoms with Crippen LogP contribution in [0.5, 0.6) is 0 Å². The summed E-state index contributed by atoms with van der Waals surface area (Å²) in [4.78, 5) is 0. The minimum absolute atomic E-state index is 0.397. The van der Waals surface area contributed by atoms with E-state index in [0.29, 0.717) is 12.6 Å². The molecule has 3 rings (SSSR count). The fourth-order valence-corrected chi connectivity index (χ4v) is 3.53. The van der Waals surface area contributed by atoms with E-state index >= 15 is 0 Å². The highest BCUT2D eigenvalue weighted by Crippen LogP contribution is 2.57. The first-order valence-electron chi connectivity index (χ1n) is 7.12. The summed E-state index contributed by atoms with van der Waals surface area (Å²) in [5.41, 5.74) is 0. The second-order valence-corrected chi connectivity index (χ2v) is 5.76. The van der Waals surface area contributed by atoms with E-state index in [9.17, 15) is 0 Å².